The average Bonchev–Trinajstić information content (AvgIpc) is 2.88. The minimum absolute atomic E-state index is 0.00108. The number of hydrogen-bond donors (Lipinski definition) is 3. The first-order chi connectivity index (χ1) is 12.8. The number of alkyl halides is 1. The summed E-state index contributed by atoms with van der Waals surface area (Å²) in [7, 11) is 0. The van der Waals surface area contributed by atoms with Crippen LogP contribution in [0.5, 0.6) is 0 Å². The number of fused-ring (bicyclic) bond motifs is 4. The Morgan fingerprint density at radius 2 is 2.12 bits per heavy atom. The van der Waals surface area contributed by atoms with E-state index in [0.29, 0.717) is 26.2 Å². The number of nitrogens with zero attached hydrogens (tertiary/aromatic N) is 2. The fourth-order valence-corrected chi connectivity index (χ4v) is 7.64. The number of amidine groups is 1. The van der Waals surface area contributed by atoms with Gasteiger partial charge >= 0.3 is 160 Å². The molecule has 7 heteroatoms. The van der Waals surface area contributed by atoms with E-state index >= 15 is 0 Å². The number of nitrogens with one attached hydrogen (secondary N) is 3. The first kappa shape index (κ1) is 17.4. The second-order valence-corrected chi connectivity index (χ2v) is 11.3. The number of aliphatic imine (C=N–C) groups is 2. The molecule has 3 aliphatic heterocycles. The molecule has 0 aromatic heterocycles. The van der Waals surface area contributed by atoms with E-state index in [1.807, 2.05) is 18.3 Å². The summed E-state index contributed by atoms with van der Waals surface area (Å²) in [6, 6.07) is 8.37. The number of amides is 1. The third-order valence-corrected chi connectivity index (χ3v) is 9.42. The van der Waals surface area contributed by atoms with Crippen LogP contribution in [-0.4, -0.2) is 48.6 Å². The third kappa shape index (κ3) is 4.04. The minimum atomic E-state index is -1.42. The van der Waals surface area contributed by atoms with Gasteiger partial charge in [0.25, 0.3) is 0 Å². The fraction of sp³-hybridized carbons (Fsp3) is 0.316. The molecular weight excluding hydrogens is 441 g/mol. The van der Waals surface area contributed by atoms with Gasteiger partial charge in [0.1, 0.15) is 0 Å². The van der Waals surface area contributed by atoms with Crippen molar-refractivity contribution in [2.75, 3.05) is 30.6 Å². The molecule has 6 nitrogen and oxygen atoms in total. The van der Waals surface area contributed by atoms with Gasteiger partial charge in [-0.25, -0.2) is 0 Å². The van der Waals surface area contributed by atoms with Gasteiger partial charge in [-0.3, -0.25) is 0 Å². The van der Waals surface area contributed by atoms with E-state index in [0.717, 1.165) is 27.9 Å². The van der Waals surface area contributed by atoms with Crippen molar-refractivity contribution in [3.63, 3.8) is 0 Å². The van der Waals surface area contributed by atoms with Crippen molar-refractivity contribution >= 4 is 43.3 Å². The summed E-state index contributed by atoms with van der Waals surface area (Å²) in [6.07, 6.45) is 4.13. The van der Waals surface area contributed by atoms with Crippen LogP contribution in [-0.2, 0) is 11.3 Å². The molecule has 3 heterocycles. The summed E-state index contributed by atoms with van der Waals surface area (Å²) < 4.78 is 4.84. The van der Waals surface area contributed by atoms with Crippen molar-refractivity contribution in [1.82, 2.24) is 16.0 Å². The number of benzene rings is 1. The molecular formula is C19H22IN5O. The van der Waals surface area contributed by atoms with Crippen molar-refractivity contribution in [3.05, 3.63) is 49.3 Å². The van der Waals surface area contributed by atoms with Crippen molar-refractivity contribution in [1.29, 1.82) is 0 Å². The standard InChI is InChI=1S/C19H22IN5O/c26-18-13-22-8-9-23-17-4-5-20-6-7-21-12-16(19(20)25-17)15-3-1-2-14(10-15)11-24-18/h1-5,10,12,22H,6-9,11,13H2,(H,23,25)(H,24,26). The topological polar surface area (TPSA) is 77.9 Å². The van der Waals surface area contributed by atoms with E-state index in [2.05, 4.69) is 48.2 Å². The first-order valence-corrected chi connectivity index (χ1v) is 12.6. The molecule has 4 bridgehead atoms. The van der Waals surface area contributed by atoms with Crippen LogP contribution in [0.25, 0.3) is 5.57 Å². The summed E-state index contributed by atoms with van der Waals surface area (Å²) in [5, 5.41) is 9.70. The molecule has 0 spiro atoms. The Labute approximate surface area is 160 Å². The molecule has 1 aromatic rings. The summed E-state index contributed by atoms with van der Waals surface area (Å²) in [4.78, 5) is 21.2. The second-order valence-electron chi connectivity index (χ2n) is 6.19. The zero-order valence-electron chi connectivity index (χ0n) is 14.5. The normalized spacial score (nSPS) is 21.8. The Morgan fingerprint density at radius 1 is 1.15 bits per heavy atom. The average molecular weight is 463 g/mol. The van der Waals surface area contributed by atoms with E-state index in [9.17, 15) is 4.79 Å². The quantitative estimate of drug-likeness (QED) is 0.311. The molecule has 0 atom stereocenters. The zero-order chi connectivity index (χ0) is 17.8. The van der Waals surface area contributed by atoms with Crippen LogP contribution in [0.1, 0.15) is 11.1 Å². The summed E-state index contributed by atoms with van der Waals surface area (Å²) in [5.74, 6) is 0.903. The van der Waals surface area contributed by atoms with Gasteiger partial charge in [0.2, 0.25) is 0 Å². The van der Waals surface area contributed by atoms with Crippen molar-refractivity contribution in [2.24, 2.45) is 9.98 Å². The van der Waals surface area contributed by atoms with Gasteiger partial charge < -0.3 is 0 Å². The Bertz CT molecular complexity index is 827. The number of rotatable bonds is 0. The SMILES string of the molecule is O=C1CNCCN=C2C=CI3CCN=CC(=C3N2)c2cccc(c2)CN1. The summed E-state index contributed by atoms with van der Waals surface area (Å²) in [6.45, 7) is 3.04. The number of hydrogen-bond acceptors (Lipinski definition) is 5. The fourth-order valence-electron chi connectivity index (χ4n) is 2.98. The molecule has 1 aromatic carbocycles. The Morgan fingerprint density at radius 3 is 3.08 bits per heavy atom. The van der Waals surface area contributed by atoms with E-state index in [1.165, 1.54) is 9.28 Å². The Hall–Kier alpha value is -2.00. The van der Waals surface area contributed by atoms with Crippen LogP contribution < -0.4 is 16.0 Å². The molecule has 3 N–H and O–H groups in total. The first-order valence-electron chi connectivity index (χ1n) is 8.74. The van der Waals surface area contributed by atoms with Crippen molar-refractivity contribution in [3.8, 4) is 0 Å². The maximum absolute atomic E-state index is 12.0. The molecule has 0 radical (unpaired) electrons. The molecule has 1 amide bonds. The van der Waals surface area contributed by atoms with Crippen LogP contribution in [0.15, 0.2) is 48.1 Å². The molecule has 0 aliphatic carbocycles. The van der Waals surface area contributed by atoms with Gasteiger partial charge in [0.15, 0.2) is 0 Å². The van der Waals surface area contributed by atoms with Crippen LogP contribution in [0.4, 0.5) is 0 Å². The Balaban J connectivity index is 1.77. The molecule has 0 saturated heterocycles. The number of carbonyl (C=O) groups is 1. The molecule has 26 heavy (non-hydrogen) atoms. The molecule has 0 fully saturated rings. The molecule has 136 valence electrons. The van der Waals surface area contributed by atoms with Crippen molar-refractivity contribution < 1.29 is 4.79 Å². The summed E-state index contributed by atoms with van der Waals surface area (Å²) in [5.41, 5.74) is 3.41. The molecule has 3 aliphatic rings. The number of halogens is 1. The predicted molar refractivity (Wildman–Crippen MR) is 115 cm³/mol. The van der Waals surface area contributed by atoms with E-state index in [-0.39, 0.29) is 5.91 Å². The van der Waals surface area contributed by atoms with Gasteiger partial charge in [-0.2, -0.15) is 0 Å². The number of carbonyl (C=O) groups excluding carboxylic acids is 1. The summed E-state index contributed by atoms with van der Waals surface area (Å²) >= 11 is -1.42. The van der Waals surface area contributed by atoms with Crippen LogP contribution >= 0.6 is 19.8 Å². The molecule has 4 rings (SSSR count). The van der Waals surface area contributed by atoms with E-state index in [4.69, 9.17) is 0 Å². The van der Waals surface area contributed by atoms with E-state index < -0.39 is 19.8 Å². The van der Waals surface area contributed by atoms with Crippen LogP contribution in [0.2, 0.25) is 0 Å². The Kier molecular flexibility index (Phi) is 5.45. The number of allylic oxidation sites excluding steroid dienone is 1. The van der Waals surface area contributed by atoms with Gasteiger partial charge in [0, 0.05) is 0 Å². The van der Waals surface area contributed by atoms with Crippen LogP contribution in [0.3, 0.4) is 0 Å². The van der Waals surface area contributed by atoms with Gasteiger partial charge in [-0.05, 0) is 0 Å². The van der Waals surface area contributed by atoms with Gasteiger partial charge in [-0.15, -0.1) is 0 Å². The predicted octanol–water partition coefficient (Wildman–Crippen LogP) is 1.68. The van der Waals surface area contributed by atoms with Crippen molar-refractivity contribution in [2.45, 2.75) is 6.54 Å². The van der Waals surface area contributed by atoms with Gasteiger partial charge in [0.05, 0.1) is 0 Å². The molecule has 0 unspecified atom stereocenters. The molecule has 0 saturated carbocycles. The maximum atomic E-state index is 12.0. The zero-order valence-corrected chi connectivity index (χ0v) is 16.6. The van der Waals surface area contributed by atoms with E-state index in [1.54, 1.807) is 0 Å². The van der Waals surface area contributed by atoms with Gasteiger partial charge in [-0.1, -0.05) is 0 Å². The monoisotopic (exact) mass is 463 g/mol. The second kappa shape index (κ2) is 8.13. The van der Waals surface area contributed by atoms with Crippen LogP contribution in [0, 0.1) is 0 Å². The third-order valence-electron chi connectivity index (χ3n) is 4.31.